The first kappa shape index (κ1) is 35.8. The number of rotatable bonds is 4. The number of hydrogen-bond acceptors (Lipinski definition) is 5. The minimum absolute atomic E-state index is 0.548. The fourth-order valence-electron chi connectivity index (χ4n) is 10.6. The number of para-hydroxylation sites is 3. The van der Waals surface area contributed by atoms with Gasteiger partial charge in [0.05, 0.1) is 27.8 Å². The highest BCUT2D eigenvalue weighted by Crippen LogP contribution is 2.45. The zero-order valence-electron chi connectivity index (χ0n) is 35.1. The monoisotopic (exact) mass is 859 g/mol. The molecular weight excluding hydrogens is 827 g/mol. The predicted octanol–water partition coefficient (Wildman–Crippen LogP) is 16.0. The smallest absolute Gasteiger partial charge is 0.238 e. The Morgan fingerprint density at radius 2 is 1.00 bits per heavy atom. The third kappa shape index (κ3) is 5.03. The summed E-state index contributed by atoms with van der Waals surface area (Å²) in [5, 5.41) is 13.7. The van der Waals surface area contributed by atoms with Crippen LogP contribution in [-0.2, 0) is 0 Å². The number of fused-ring (bicyclic) bond motifs is 15. The van der Waals surface area contributed by atoms with Crippen LogP contribution in [0.15, 0.2) is 205 Å². The number of thiophene rings is 1. The average molecular weight is 860 g/mol. The highest BCUT2D eigenvalue weighted by atomic mass is 32.1. The second kappa shape index (κ2) is 13.4. The van der Waals surface area contributed by atoms with Crippen molar-refractivity contribution in [1.82, 2.24) is 24.1 Å². The molecule has 0 N–H and O–H groups in total. The maximum absolute atomic E-state index is 6.74. The van der Waals surface area contributed by atoms with Gasteiger partial charge in [-0.1, -0.05) is 146 Å². The second-order valence-corrected chi connectivity index (χ2v) is 18.2. The SMILES string of the molecule is c1ccc2cc3c(cc2c1)c1ccc2ccccc2c1n3-c1cc2oc3ccccc3c2cc1-c1nc(-c2cccc3c2sc2ccccc23)nc(-n2c3ccccc3c3ccccc32)n1. The van der Waals surface area contributed by atoms with E-state index in [0.29, 0.717) is 17.6 Å². The van der Waals surface area contributed by atoms with Crippen molar-refractivity contribution in [1.29, 1.82) is 0 Å². The van der Waals surface area contributed by atoms with Crippen molar-refractivity contribution in [2.45, 2.75) is 0 Å². The Balaban J connectivity index is 1.12. The summed E-state index contributed by atoms with van der Waals surface area (Å²) in [5.74, 6) is 1.72. The molecular formula is C59H33N5OS. The van der Waals surface area contributed by atoms with Crippen LogP contribution in [0.5, 0.6) is 0 Å². The van der Waals surface area contributed by atoms with Crippen molar-refractivity contribution in [2.75, 3.05) is 0 Å². The van der Waals surface area contributed by atoms with Gasteiger partial charge >= 0.3 is 0 Å². The molecule has 15 aromatic rings. The molecule has 0 saturated carbocycles. The van der Waals surface area contributed by atoms with Crippen LogP contribution in [0.4, 0.5) is 0 Å². The molecule has 0 fully saturated rings. The maximum atomic E-state index is 6.74. The molecule has 0 aliphatic heterocycles. The summed E-state index contributed by atoms with van der Waals surface area (Å²) in [6.45, 7) is 0. The van der Waals surface area contributed by atoms with E-state index in [1.54, 1.807) is 11.3 Å². The molecule has 66 heavy (non-hydrogen) atoms. The molecule has 10 aromatic carbocycles. The van der Waals surface area contributed by atoms with E-state index in [-0.39, 0.29) is 0 Å². The van der Waals surface area contributed by atoms with E-state index >= 15 is 0 Å². The van der Waals surface area contributed by atoms with Crippen LogP contribution < -0.4 is 0 Å². The van der Waals surface area contributed by atoms with Crippen LogP contribution in [-0.4, -0.2) is 24.1 Å². The molecule has 0 unspecified atom stereocenters. The predicted molar refractivity (Wildman–Crippen MR) is 275 cm³/mol. The lowest BCUT2D eigenvalue weighted by molar-refractivity contribution is 0.668. The molecule has 0 atom stereocenters. The summed E-state index contributed by atoms with van der Waals surface area (Å²) >= 11 is 1.78. The van der Waals surface area contributed by atoms with E-state index < -0.39 is 0 Å². The van der Waals surface area contributed by atoms with Crippen molar-refractivity contribution < 1.29 is 4.42 Å². The van der Waals surface area contributed by atoms with Gasteiger partial charge in [-0.2, -0.15) is 9.97 Å². The van der Waals surface area contributed by atoms with Gasteiger partial charge < -0.3 is 8.98 Å². The molecule has 306 valence electrons. The molecule has 0 spiro atoms. The zero-order valence-corrected chi connectivity index (χ0v) is 35.9. The van der Waals surface area contributed by atoms with Crippen molar-refractivity contribution in [2.24, 2.45) is 0 Å². The van der Waals surface area contributed by atoms with Gasteiger partial charge in [-0.3, -0.25) is 4.57 Å². The lowest BCUT2D eigenvalue weighted by atomic mass is 10.0. The first-order valence-electron chi connectivity index (χ1n) is 22.2. The molecule has 7 heteroatoms. The van der Waals surface area contributed by atoms with Crippen LogP contribution >= 0.6 is 11.3 Å². The third-order valence-electron chi connectivity index (χ3n) is 13.5. The van der Waals surface area contributed by atoms with Gasteiger partial charge in [-0.05, 0) is 64.7 Å². The Morgan fingerprint density at radius 1 is 0.364 bits per heavy atom. The third-order valence-corrected chi connectivity index (χ3v) is 14.8. The lowest BCUT2D eigenvalue weighted by Gasteiger charge is -2.16. The van der Waals surface area contributed by atoms with Gasteiger partial charge in [-0.25, -0.2) is 4.98 Å². The summed E-state index contributed by atoms with van der Waals surface area (Å²) in [4.78, 5) is 16.7. The summed E-state index contributed by atoms with van der Waals surface area (Å²) in [6.07, 6.45) is 0. The van der Waals surface area contributed by atoms with Crippen LogP contribution in [0.2, 0.25) is 0 Å². The summed E-state index contributed by atoms with van der Waals surface area (Å²) in [6, 6.07) is 71.4. The molecule has 15 rings (SSSR count). The Morgan fingerprint density at radius 3 is 1.80 bits per heavy atom. The van der Waals surface area contributed by atoms with Gasteiger partial charge in [0.25, 0.3) is 0 Å². The standard InChI is InChI=1S/C59H33N5OS/c1-2-16-36-31-50-45(30-35(36)15-1)42-29-28-34-14-3-4-17-37(34)55(42)63(50)51-33-53-46(40-20-7-11-26-52(40)65-53)32-47(51)58-60-57(44-23-13-22-43-41-21-8-12-27-54(41)66-56(43)44)61-59(62-58)64-48-24-9-5-18-38(48)39-19-6-10-25-49(39)64/h1-33H. The molecule has 6 nitrogen and oxygen atoms in total. The quantitative estimate of drug-likeness (QED) is 0.177. The van der Waals surface area contributed by atoms with Crippen molar-refractivity contribution in [3.05, 3.63) is 200 Å². The van der Waals surface area contributed by atoms with Gasteiger partial charge in [0.15, 0.2) is 11.6 Å². The normalized spacial score (nSPS) is 12.2. The van der Waals surface area contributed by atoms with Crippen LogP contribution in [0.25, 0.3) is 142 Å². The second-order valence-electron chi connectivity index (χ2n) is 17.1. The largest absolute Gasteiger partial charge is 0.456 e. The van der Waals surface area contributed by atoms with Crippen molar-refractivity contribution in [3.8, 4) is 34.4 Å². The van der Waals surface area contributed by atoms with Crippen LogP contribution in [0.1, 0.15) is 0 Å². The molecule has 5 heterocycles. The van der Waals surface area contributed by atoms with Gasteiger partial charge in [0, 0.05) is 75.1 Å². The fourth-order valence-corrected chi connectivity index (χ4v) is 11.8. The summed E-state index contributed by atoms with van der Waals surface area (Å²) in [7, 11) is 0. The fraction of sp³-hybridized carbons (Fsp3) is 0. The maximum Gasteiger partial charge on any atom is 0.238 e. The van der Waals surface area contributed by atoms with Crippen LogP contribution in [0.3, 0.4) is 0 Å². The Kier molecular flexibility index (Phi) is 7.28. The minimum Gasteiger partial charge on any atom is -0.456 e. The molecule has 0 radical (unpaired) electrons. The molecule has 0 saturated heterocycles. The number of nitrogens with zero attached hydrogens (tertiary/aromatic N) is 5. The van der Waals surface area contributed by atoms with Crippen LogP contribution in [0, 0.1) is 0 Å². The number of benzene rings is 10. The molecule has 5 aromatic heterocycles. The topological polar surface area (TPSA) is 61.7 Å². The highest BCUT2D eigenvalue weighted by molar-refractivity contribution is 7.26. The molecule has 0 aliphatic rings. The number of hydrogen-bond donors (Lipinski definition) is 0. The summed E-state index contributed by atoms with van der Waals surface area (Å²) in [5.41, 5.74) is 8.61. The number of furan rings is 1. The first-order valence-corrected chi connectivity index (χ1v) is 23.0. The van der Waals surface area contributed by atoms with E-state index in [0.717, 1.165) is 92.5 Å². The number of aromatic nitrogens is 5. The van der Waals surface area contributed by atoms with E-state index in [4.69, 9.17) is 19.4 Å². The first-order chi connectivity index (χ1) is 32.7. The summed E-state index contributed by atoms with van der Waals surface area (Å²) < 4.78 is 13.7. The Hall–Kier alpha value is -8.65. The minimum atomic E-state index is 0.548. The van der Waals surface area contributed by atoms with E-state index in [2.05, 4.69) is 197 Å². The molecule has 0 amide bonds. The Bertz CT molecular complexity index is 4500. The van der Waals surface area contributed by atoms with Gasteiger partial charge in [0.1, 0.15) is 11.2 Å². The lowest BCUT2D eigenvalue weighted by Crippen LogP contribution is -2.08. The van der Waals surface area contributed by atoms with E-state index in [9.17, 15) is 0 Å². The van der Waals surface area contributed by atoms with E-state index in [1.807, 2.05) is 12.1 Å². The zero-order chi connectivity index (χ0) is 43.0. The molecule has 0 aliphatic carbocycles. The van der Waals surface area contributed by atoms with Crippen molar-refractivity contribution in [3.63, 3.8) is 0 Å². The highest BCUT2D eigenvalue weighted by Gasteiger charge is 2.25. The van der Waals surface area contributed by atoms with E-state index in [1.165, 1.54) is 31.6 Å². The van der Waals surface area contributed by atoms with Gasteiger partial charge in [-0.15, -0.1) is 11.3 Å². The molecule has 0 bridgehead atoms. The van der Waals surface area contributed by atoms with Crippen molar-refractivity contribution >= 4 is 119 Å². The Labute approximate surface area is 379 Å². The average Bonchev–Trinajstić information content (AvgIpc) is 4.12. The van der Waals surface area contributed by atoms with Gasteiger partial charge in [0.2, 0.25) is 5.95 Å².